The second-order valence-electron chi connectivity index (χ2n) is 3.56. The molecular formula is C11H12N4. The van der Waals surface area contributed by atoms with Crippen molar-refractivity contribution in [2.24, 2.45) is 0 Å². The summed E-state index contributed by atoms with van der Waals surface area (Å²) < 4.78 is 0. The zero-order valence-corrected chi connectivity index (χ0v) is 8.75. The molecule has 0 amide bonds. The van der Waals surface area contributed by atoms with Crippen molar-refractivity contribution in [2.75, 3.05) is 0 Å². The molecule has 0 radical (unpaired) electrons. The summed E-state index contributed by atoms with van der Waals surface area (Å²) in [5.74, 6) is 1.83. The van der Waals surface area contributed by atoms with Gasteiger partial charge in [0.2, 0.25) is 0 Å². The highest BCUT2D eigenvalue weighted by Crippen LogP contribution is 2.14. The Balaban J connectivity index is 2.42. The average Bonchev–Trinajstić information content (AvgIpc) is 2.30. The predicted octanol–water partition coefficient (Wildman–Crippen LogP) is 2.06. The van der Waals surface area contributed by atoms with E-state index in [9.17, 15) is 0 Å². The molecule has 0 aliphatic rings. The van der Waals surface area contributed by atoms with Crippen LogP contribution in [0.15, 0.2) is 30.9 Å². The van der Waals surface area contributed by atoms with Crippen LogP contribution in [0.3, 0.4) is 0 Å². The normalized spacial score (nSPS) is 10.6. The molecule has 76 valence electrons. The van der Waals surface area contributed by atoms with Crippen LogP contribution >= 0.6 is 0 Å². The largest absolute Gasteiger partial charge is 0.265 e. The maximum atomic E-state index is 4.39. The van der Waals surface area contributed by atoms with Gasteiger partial charge in [0.15, 0.2) is 5.82 Å². The van der Waals surface area contributed by atoms with Crippen molar-refractivity contribution in [3.8, 4) is 11.4 Å². The third-order valence-electron chi connectivity index (χ3n) is 2.05. The van der Waals surface area contributed by atoms with Crippen LogP contribution in [0.25, 0.3) is 11.4 Å². The zero-order valence-electron chi connectivity index (χ0n) is 8.75. The van der Waals surface area contributed by atoms with Gasteiger partial charge in [0.05, 0.1) is 0 Å². The molecule has 15 heavy (non-hydrogen) atoms. The summed E-state index contributed by atoms with van der Waals surface area (Å²) in [4.78, 5) is 16.6. The van der Waals surface area contributed by atoms with Gasteiger partial charge in [0.1, 0.15) is 12.2 Å². The maximum absolute atomic E-state index is 4.39. The Labute approximate surface area is 88.5 Å². The third kappa shape index (κ3) is 2.15. The van der Waals surface area contributed by atoms with E-state index in [-0.39, 0.29) is 0 Å². The smallest absolute Gasteiger partial charge is 0.163 e. The van der Waals surface area contributed by atoms with Crippen LogP contribution in [-0.2, 0) is 0 Å². The Morgan fingerprint density at radius 2 is 1.80 bits per heavy atom. The van der Waals surface area contributed by atoms with Crippen LogP contribution in [0.4, 0.5) is 0 Å². The summed E-state index contributed by atoms with van der Waals surface area (Å²) in [7, 11) is 0. The number of aromatic nitrogens is 4. The van der Waals surface area contributed by atoms with E-state index in [1.54, 1.807) is 18.7 Å². The highest BCUT2D eigenvalue weighted by atomic mass is 15.0. The van der Waals surface area contributed by atoms with Gasteiger partial charge in [-0.3, -0.25) is 4.98 Å². The van der Waals surface area contributed by atoms with E-state index in [1.165, 1.54) is 0 Å². The lowest BCUT2D eigenvalue weighted by Crippen LogP contribution is -2.00. The number of nitrogens with zero attached hydrogens (tertiary/aromatic N) is 4. The average molecular weight is 200 g/mol. The summed E-state index contributed by atoms with van der Waals surface area (Å²) in [5.41, 5.74) is 0.967. The molecule has 0 aliphatic heterocycles. The first-order valence-electron chi connectivity index (χ1n) is 4.86. The highest BCUT2D eigenvalue weighted by molar-refractivity contribution is 5.52. The zero-order chi connectivity index (χ0) is 10.7. The van der Waals surface area contributed by atoms with E-state index in [0.29, 0.717) is 11.7 Å². The molecule has 0 bridgehead atoms. The summed E-state index contributed by atoms with van der Waals surface area (Å²) in [6.07, 6.45) is 5.01. The first-order valence-corrected chi connectivity index (χ1v) is 4.86. The summed E-state index contributed by atoms with van der Waals surface area (Å²) >= 11 is 0. The SMILES string of the molecule is CC(C)c1ncnc(-c2ccncc2)n1. The molecule has 0 saturated heterocycles. The molecule has 2 heterocycles. The van der Waals surface area contributed by atoms with Gasteiger partial charge in [-0.1, -0.05) is 13.8 Å². The van der Waals surface area contributed by atoms with Gasteiger partial charge in [-0.05, 0) is 12.1 Å². The van der Waals surface area contributed by atoms with Gasteiger partial charge in [-0.2, -0.15) is 0 Å². The molecule has 0 spiro atoms. The topological polar surface area (TPSA) is 51.6 Å². The van der Waals surface area contributed by atoms with Crippen LogP contribution < -0.4 is 0 Å². The van der Waals surface area contributed by atoms with Crippen molar-refractivity contribution in [1.82, 2.24) is 19.9 Å². The van der Waals surface area contributed by atoms with Gasteiger partial charge in [-0.15, -0.1) is 0 Å². The van der Waals surface area contributed by atoms with Crippen LogP contribution in [0, 0.1) is 0 Å². The van der Waals surface area contributed by atoms with Gasteiger partial charge in [-0.25, -0.2) is 15.0 Å². The molecule has 0 atom stereocenters. The first-order chi connectivity index (χ1) is 7.27. The van der Waals surface area contributed by atoms with Gasteiger partial charge in [0.25, 0.3) is 0 Å². The summed E-state index contributed by atoms with van der Waals surface area (Å²) in [6.45, 7) is 4.12. The van der Waals surface area contributed by atoms with E-state index in [0.717, 1.165) is 11.4 Å². The van der Waals surface area contributed by atoms with E-state index < -0.39 is 0 Å². The van der Waals surface area contributed by atoms with E-state index >= 15 is 0 Å². The van der Waals surface area contributed by atoms with Crippen molar-refractivity contribution in [3.63, 3.8) is 0 Å². The van der Waals surface area contributed by atoms with Crippen molar-refractivity contribution >= 4 is 0 Å². The van der Waals surface area contributed by atoms with Gasteiger partial charge in [0, 0.05) is 23.9 Å². The van der Waals surface area contributed by atoms with E-state index in [1.807, 2.05) is 12.1 Å². The molecule has 4 nitrogen and oxygen atoms in total. The van der Waals surface area contributed by atoms with E-state index in [4.69, 9.17) is 0 Å². The predicted molar refractivity (Wildman–Crippen MR) is 57.1 cm³/mol. The molecule has 0 unspecified atom stereocenters. The molecule has 0 aromatic carbocycles. The summed E-state index contributed by atoms with van der Waals surface area (Å²) in [5, 5.41) is 0. The fourth-order valence-electron chi connectivity index (χ4n) is 1.23. The molecular weight excluding hydrogens is 188 g/mol. The number of rotatable bonds is 2. The summed E-state index contributed by atoms with van der Waals surface area (Å²) in [6, 6.07) is 3.78. The van der Waals surface area contributed by atoms with Gasteiger partial charge >= 0.3 is 0 Å². The van der Waals surface area contributed by atoms with Crippen molar-refractivity contribution in [1.29, 1.82) is 0 Å². The Kier molecular flexibility index (Phi) is 2.67. The van der Waals surface area contributed by atoms with Crippen molar-refractivity contribution < 1.29 is 0 Å². The number of hydrogen-bond acceptors (Lipinski definition) is 4. The van der Waals surface area contributed by atoms with Crippen LogP contribution in [-0.4, -0.2) is 19.9 Å². The van der Waals surface area contributed by atoms with Crippen molar-refractivity contribution in [3.05, 3.63) is 36.7 Å². The Morgan fingerprint density at radius 3 is 2.47 bits per heavy atom. The molecule has 2 rings (SSSR count). The number of hydrogen-bond donors (Lipinski definition) is 0. The monoisotopic (exact) mass is 200 g/mol. The Morgan fingerprint density at radius 1 is 1.07 bits per heavy atom. The number of pyridine rings is 1. The van der Waals surface area contributed by atoms with E-state index in [2.05, 4.69) is 33.8 Å². The lowest BCUT2D eigenvalue weighted by molar-refractivity contribution is 0.762. The second-order valence-corrected chi connectivity index (χ2v) is 3.56. The standard InChI is InChI=1S/C11H12N4/c1-8(2)10-13-7-14-11(15-10)9-3-5-12-6-4-9/h3-8H,1-2H3. The Bertz CT molecular complexity index is 439. The molecule has 0 N–H and O–H groups in total. The van der Waals surface area contributed by atoms with Crippen molar-refractivity contribution in [2.45, 2.75) is 19.8 Å². The fourth-order valence-corrected chi connectivity index (χ4v) is 1.23. The highest BCUT2D eigenvalue weighted by Gasteiger charge is 2.05. The molecule has 0 fully saturated rings. The minimum atomic E-state index is 0.314. The Hall–Kier alpha value is -1.84. The van der Waals surface area contributed by atoms with Gasteiger partial charge < -0.3 is 0 Å². The van der Waals surface area contributed by atoms with Crippen LogP contribution in [0.2, 0.25) is 0 Å². The lowest BCUT2D eigenvalue weighted by atomic mass is 10.2. The molecule has 0 saturated carbocycles. The quantitative estimate of drug-likeness (QED) is 0.744. The van der Waals surface area contributed by atoms with Crippen LogP contribution in [0.5, 0.6) is 0 Å². The molecule has 0 aliphatic carbocycles. The fraction of sp³-hybridized carbons (Fsp3) is 0.273. The molecule has 4 heteroatoms. The first kappa shape index (κ1) is 9.71. The lowest BCUT2D eigenvalue weighted by Gasteiger charge is -2.04. The third-order valence-corrected chi connectivity index (χ3v) is 2.05. The minimum Gasteiger partial charge on any atom is -0.265 e. The minimum absolute atomic E-state index is 0.314. The van der Waals surface area contributed by atoms with Crippen LogP contribution in [0.1, 0.15) is 25.6 Å². The molecule has 2 aromatic rings. The molecule has 2 aromatic heterocycles. The maximum Gasteiger partial charge on any atom is 0.163 e. The second kappa shape index (κ2) is 4.13.